The van der Waals surface area contributed by atoms with Crippen molar-refractivity contribution in [2.75, 3.05) is 0 Å². The molecule has 0 heterocycles. The Balaban J connectivity index is 2.05. The Labute approximate surface area is 99.2 Å². The molecular weight excluding hydrogens is 216 g/mol. The zero-order chi connectivity index (χ0) is 12.1. The molecule has 0 radical (unpaired) electrons. The molecule has 0 aliphatic heterocycles. The van der Waals surface area contributed by atoms with E-state index in [1.165, 1.54) is 24.5 Å². The highest BCUT2D eigenvalue weighted by Gasteiger charge is 1.98. The number of aromatic hydroxyl groups is 2. The molecule has 0 spiro atoms. The first-order chi connectivity index (χ1) is 8.24. The van der Waals surface area contributed by atoms with Gasteiger partial charge in [0.15, 0.2) is 0 Å². The fraction of sp³-hybridized carbons (Fsp3) is 0. The standard InChI is InChI=1S/C14H12O3/c15-12-8-13(16)10-14(9-12)17-7-6-11-4-2-1-3-5-11/h1-10,15-16H. The van der Waals surface area contributed by atoms with E-state index in [2.05, 4.69) is 0 Å². The Morgan fingerprint density at radius 1 is 0.882 bits per heavy atom. The average Bonchev–Trinajstić information content (AvgIpc) is 2.29. The van der Waals surface area contributed by atoms with Crippen LogP contribution in [-0.2, 0) is 0 Å². The number of hydrogen-bond donors (Lipinski definition) is 2. The number of phenols is 2. The third kappa shape index (κ3) is 3.28. The van der Waals surface area contributed by atoms with Gasteiger partial charge in [-0.3, -0.25) is 0 Å². The molecular formula is C14H12O3. The summed E-state index contributed by atoms with van der Waals surface area (Å²) in [7, 11) is 0. The number of rotatable bonds is 3. The summed E-state index contributed by atoms with van der Waals surface area (Å²) in [5, 5.41) is 18.5. The van der Waals surface area contributed by atoms with Gasteiger partial charge in [-0.1, -0.05) is 30.3 Å². The normalized spacial score (nSPS) is 10.6. The highest BCUT2D eigenvalue weighted by Crippen LogP contribution is 2.25. The van der Waals surface area contributed by atoms with Crippen molar-refractivity contribution in [3.05, 3.63) is 60.4 Å². The second-order valence-corrected chi connectivity index (χ2v) is 3.52. The molecule has 0 saturated heterocycles. The van der Waals surface area contributed by atoms with E-state index in [0.29, 0.717) is 5.75 Å². The molecule has 3 heteroatoms. The lowest BCUT2D eigenvalue weighted by Crippen LogP contribution is -1.81. The molecule has 2 aromatic rings. The first-order valence-electron chi connectivity index (χ1n) is 5.15. The maximum Gasteiger partial charge on any atom is 0.133 e. The Hall–Kier alpha value is -2.42. The van der Waals surface area contributed by atoms with Gasteiger partial charge in [-0.25, -0.2) is 0 Å². The Kier molecular flexibility index (Phi) is 3.31. The molecule has 86 valence electrons. The summed E-state index contributed by atoms with van der Waals surface area (Å²) in [5.74, 6) is 0.316. The molecule has 0 fully saturated rings. The monoisotopic (exact) mass is 228 g/mol. The van der Waals surface area contributed by atoms with Crippen molar-refractivity contribution in [1.29, 1.82) is 0 Å². The van der Waals surface area contributed by atoms with Crippen molar-refractivity contribution < 1.29 is 14.9 Å². The average molecular weight is 228 g/mol. The fourth-order valence-corrected chi connectivity index (χ4v) is 1.39. The summed E-state index contributed by atoms with van der Waals surface area (Å²) in [5.41, 5.74) is 1.01. The van der Waals surface area contributed by atoms with Crippen LogP contribution in [0.1, 0.15) is 5.56 Å². The summed E-state index contributed by atoms with van der Waals surface area (Å²) in [6.45, 7) is 0. The van der Waals surface area contributed by atoms with Crippen LogP contribution < -0.4 is 4.74 Å². The van der Waals surface area contributed by atoms with Crippen LogP contribution >= 0.6 is 0 Å². The first kappa shape index (κ1) is 11.1. The lowest BCUT2D eigenvalue weighted by atomic mass is 10.2. The molecule has 3 nitrogen and oxygen atoms in total. The molecule has 0 bridgehead atoms. The van der Waals surface area contributed by atoms with Gasteiger partial charge in [0.1, 0.15) is 17.2 Å². The smallest absolute Gasteiger partial charge is 0.133 e. The molecule has 0 aliphatic rings. The highest BCUT2D eigenvalue weighted by atomic mass is 16.5. The predicted molar refractivity (Wildman–Crippen MR) is 65.9 cm³/mol. The number of hydrogen-bond acceptors (Lipinski definition) is 3. The Morgan fingerprint density at radius 3 is 2.18 bits per heavy atom. The zero-order valence-corrected chi connectivity index (χ0v) is 9.08. The highest BCUT2D eigenvalue weighted by molar-refractivity contribution is 5.48. The summed E-state index contributed by atoms with van der Waals surface area (Å²) < 4.78 is 5.27. The summed E-state index contributed by atoms with van der Waals surface area (Å²) >= 11 is 0. The van der Waals surface area contributed by atoms with Gasteiger partial charge in [-0.15, -0.1) is 0 Å². The van der Waals surface area contributed by atoms with E-state index in [1.54, 1.807) is 6.08 Å². The van der Waals surface area contributed by atoms with Crippen molar-refractivity contribution in [2.45, 2.75) is 0 Å². The van der Waals surface area contributed by atoms with Gasteiger partial charge in [0.2, 0.25) is 0 Å². The molecule has 2 N–H and O–H groups in total. The van der Waals surface area contributed by atoms with E-state index >= 15 is 0 Å². The van der Waals surface area contributed by atoms with Crippen molar-refractivity contribution in [3.8, 4) is 17.2 Å². The molecule has 0 saturated carbocycles. The molecule has 0 atom stereocenters. The minimum Gasteiger partial charge on any atom is -0.508 e. The summed E-state index contributed by atoms with van der Waals surface area (Å²) in [6, 6.07) is 13.8. The lowest BCUT2D eigenvalue weighted by molar-refractivity contribution is 0.432. The minimum atomic E-state index is -0.0342. The van der Waals surface area contributed by atoms with Crippen LogP contribution in [-0.4, -0.2) is 10.2 Å². The van der Waals surface area contributed by atoms with Crippen LogP contribution in [0, 0.1) is 0 Å². The van der Waals surface area contributed by atoms with E-state index < -0.39 is 0 Å². The SMILES string of the molecule is Oc1cc(O)cc(OC=Cc2ccccc2)c1. The van der Waals surface area contributed by atoms with Crippen molar-refractivity contribution in [2.24, 2.45) is 0 Å². The molecule has 17 heavy (non-hydrogen) atoms. The first-order valence-corrected chi connectivity index (χ1v) is 5.15. The maximum atomic E-state index is 9.25. The van der Waals surface area contributed by atoms with Crippen LogP contribution in [0.15, 0.2) is 54.8 Å². The predicted octanol–water partition coefficient (Wildman–Crippen LogP) is 3.15. The second kappa shape index (κ2) is 5.07. The number of ether oxygens (including phenoxy) is 1. The molecule has 2 aromatic carbocycles. The van der Waals surface area contributed by atoms with Crippen molar-refractivity contribution >= 4 is 6.08 Å². The molecule has 0 aliphatic carbocycles. The molecule has 0 amide bonds. The van der Waals surface area contributed by atoms with Crippen molar-refractivity contribution in [1.82, 2.24) is 0 Å². The van der Waals surface area contributed by atoms with Gasteiger partial charge in [0, 0.05) is 18.2 Å². The van der Waals surface area contributed by atoms with Crippen molar-refractivity contribution in [3.63, 3.8) is 0 Å². The zero-order valence-electron chi connectivity index (χ0n) is 9.08. The van der Waals surface area contributed by atoms with Gasteiger partial charge in [0.25, 0.3) is 0 Å². The summed E-state index contributed by atoms with van der Waals surface area (Å²) in [4.78, 5) is 0. The van der Waals surface area contributed by atoms with E-state index in [0.717, 1.165) is 5.56 Å². The molecule has 0 aromatic heterocycles. The van der Waals surface area contributed by atoms with E-state index in [4.69, 9.17) is 4.74 Å². The van der Waals surface area contributed by atoms with Gasteiger partial charge < -0.3 is 14.9 Å². The van der Waals surface area contributed by atoms with E-state index in [-0.39, 0.29) is 11.5 Å². The minimum absolute atomic E-state index is 0.0342. The van der Waals surface area contributed by atoms with E-state index in [9.17, 15) is 10.2 Å². The number of phenolic OH excluding ortho intramolecular Hbond substituents is 2. The van der Waals surface area contributed by atoms with Crippen LogP contribution in [0.2, 0.25) is 0 Å². The van der Waals surface area contributed by atoms with Crippen LogP contribution in [0.5, 0.6) is 17.2 Å². The van der Waals surface area contributed by atoms with Crippen LogP contribution in [0.4, 0.5) is 0 Å². The topological polar surface area (TPSA) is 49.7 Å². The van der Waals surface area contributed by atoms with E-state index in [1.807, 2.05) is 30.3 Å². The lowest BCUT2D eigenvalue weighted by Gasteiger charge is -2.01. The van der Waals surface area contributed by atoms with Crippen LogP contribution in [0.25, 0.3) is 6.08 Å². The second-order valence-electron chi connectivity index (χ2n) is 3.52. The Morgan fingerprint density at radius 2 is 1.53 bits per heavy atom. The largest absolute Gasteiger partial charge is 0.508 e. The summed E-state index contributed by atoms with van der Waals surface area (Å²) in [6.07, 6.45) is 3.30. The third-order valence-corrected chi connectivity index (χ3v) is 2.14. The number of benzene rings is 2. The van der Waals surface area contributed by atoms with Gasteiger partial charge in [0.05, 0.1) is 6.26 Å². The maximum absolute atomic E-state index is 9.25. The fourth-order valence-electron chi connectivity index (χ4n) is 1.39. The quantitative estimate of drug-likeness (QED) is 0.793. The van der Waals surface area contributed by atoms with Gasteiger partial charge in [-0.2, -0.15) is 0 Å². The van der Waals surface area contributed by atoms with Crippen LogP contribution in [0.3, 0.4) is 0 Å². The van der Waals surface area contributed by atoms with Gasteiger partial charge in [-0.05, 0) is 11.6 Å². The van der Waals surface area contributed by atoms with Gasteiger partial charge >= 0.3 is 0 Å². The molecule has 0 unspecified atom stereocenters. The Bertz CT molecular complexity index is 498. The molecule has 2 rings (SSSR count). The third-order valence-electron chi connectivity index (χ3n) is 2.14.